The van der Waals surface area contributed by atoms with Crippen molar-refractivity contribution in [3.63, 3.8) is 0 Å². The number of hydrogen-bond acceptors (Lipinski definition) is 5. The van der Waals surface area contributed by atoms with Crippen LogP contribution in [0.3, 0.4) is 0 Å². The molecule has 4 aliphatic carbocycles. The van der Waals surface area contributed by atoms with Crippen LogP contribution >= 0.6 is 0 Å². The summed E-state index contributed by atoms with van der Waals surface area (Å²) in [6.07, 6.45) is 8.18. The Morgan fingerprint density at radius 3 is 2.50 bits per heavy atom. The molecule has 6 nitrogen and oxygen atoms in total. The maximum atomic E-state index is 12.3. The summed E-state index contributed by atoms with van der Waals surface area (Å²) >= 11 is 0. The number of allylic oxidation sites excluding steroid dienone is 1. The van der Waals surface area contributed by atoms with Gasteiger partial charge in [-0.2, -0.15) is 0 Å². The number of esters is 2. The minimum atomic E-state index is -1.01. The van der Waals surface area contributed by atoms with E-state index in [1.165, 1.54) is 31.8 Å². The van der Waals surface area contributed by atoms with Crippen LogP contribution in [0.4, 0.5) is 0 Å². The first-order valence-electron chi connectivity index (χ1n) is 12.2. The number of carboxylic acid groups (broad SMARTS) is 1. The number of carbonyl (C=O) groups is 3. The Hall–Kier alpha value is -1.85. The molecular formula is C26H38O6. The Labute approximate surface area is 191 Å². The van der Waals surface area contributed by atoms with E-state index in [-0.39, 0.29) is 42.9 Å². The largest absolute Gasteiger partial charge is 0.481 e. The summed E-state index contributed by atoms with van der Waals surface area (Å²) in [5.74, 6) is -0.233. The molecule has 178 valence electrons. The quantitative estimate of drug-likeness (QED) is 0.461. The van der Waals surface area contributed by atoms with Crippen LogP contribution in [0.1, 0.15) is 85.0 Å². The molecule has 1 spiro atoms. The summed E-state index contributed by atoms with van der Waals surface area (Å²) in [4.78, 5) is 35.0. The number of aliphatic carboxylic acids is 1. The average molecular weight is 447 g/mol. The molecule has 0 radical (unpaired) electrons. The minimum Gasteiger partial charge on any atom is -0.481 e. The van der Waals surface area contributed by atoms with Crippen molar-refractivity contribution in [2.45, 2.75) is 91.1 Å². The predicted molar refractivity (Wildman–Crippen MR) is 119 cm³/mol. The van der Waals surface area contributed by atoms with Crippen LogP contribution in [0.15, 0.2) is 12.2 Å². The first-order valence-corrected chi connectivity index (χ1v) is 12.2. The Kier molecular flexibility index (Phi) is 5.96. The standard InChI is InChI=1S/C26H38O6/c1-16-13-26-12-9-19-24(3,20(26)6-5-18(16)14-26)11-10-21(32-17(2)27)25(19,4)15-31-23(30)8-7-22(28)29/h18-21H,1,5-15H2,2-4H3,(H,28,29)/t18-,19+,20+,21?,24-,25-,26-/m1/s1. The Bertz CT molecular complexity index is 819. The fraction of sp³-hybridized carbons (Fsp3) is 0.808. The van der Waals surface area contributed by atoms with Gasteiger partial charge in [0.1, 0.15) is 12.7 Å². The van der Waals surface area contributed by atoms with Crippen molar-refractivity contribution in [3.8, 4) is 0 Å². The Morgan fingerprint density at radius 2 is 1.81 bits per heavy atom. The fourth-order valence-electron chi connectivity index (χ4n) is 8.48. The number of rotatable bonds is 6. The van der Waals surface area contributed by atoms with Crippen LogP contribution < -0.4 is 0 Å². The second kappa shape index (κ2) is 8.18. The van der Waals surface area contributed by atoms with Crippen LogP contribution in [0.5, 0.6) is 0 Å². The molecule has 4 aliphatic rings. The lowest BCUT2D eigenvalue weighted by atomic mass is 9.40. The maximum Gasteiger partial charge on any atom is 0.306 e. The highest BCUT2D eigenvalue weighted by Crippen LogP contribution is 2.72. The number of ether oxygens (including phenoxy) is 2. The average Bonchev–Trinajstić information content (AvgIpc) is 2.95. The second-order valence-corrected chi connectivity index (χ2v) is 11.5. The maximum absolute atomic E-state index is 12.3. The first-order chi connectivity index (χ1) is 15.0. The van der Waals surface area contributed by atoms with Gasteiger partial charge < -0.3 is 14.6 Å². The topological polar surface area (TPSA) is 89.9 Å². The molecule has 4 fully saturated rings. The zero-order valence-electron chi connectivity index (χ0n) is 19.8. The number of fused-ring (bicyclic) bond motifs is 3. The van der Waals surface area contributed by atoms with E-state index in [4.69, 9.17) is 14.6 Å². The summed E-state index contributed by atoms with van der Waals surface area (Å²) in [5.41, 5.74) is 1.43. The van der Waals surface area contributed by atoms with E-state index in [0.29, 0.717) is 17.3 Å². The summed E-state index contributed by atoms with van der Waals surface area (Å²) in [6.45, 7) is 10.6. The van der Waals surface area contributed by atoms with Crippen LogP contribution in [-0.2, 0) is 23.9 Å². The Morgan fingerprint density at radius 1 is 1.06 bits per heavy atom. The molecule has 0 aromatic rings. The van der Waals surface area contributed by atoms with Gasteiger partial charge in [-0.05, 0) is 80.0 Å². The van der Waals surface area contributed by atoms with Crippen molar-refractivity contribution in [2.24, 2.45) is 34.0 Å². The summed E-state index contributed by atoms with van der Waals surface area (Å²) < 4.78 is 11.5. The van der Waals surface area contributed by atoms with Gasteiger partial charge in [0.25, 0.3) is 0 Å². The highest BCUT2D eigenvalue weighted by Gasteiger charge is 2.66. The predicted octanol–water partition coefficient (Wildman–Crippen LogP) is 4.91. The van der Waals surface area contributed by atoms with E-state index in [1.807, 2.05) is 0 Å². The number of hydrogen-bond donors (Lipinski definition) is 1. The smallest absolute Gasteiger partial charge is 0.306 e. The van der Waals surface area contributed by atoms with E-state index >= 15 is 0 Å². The molecule has 7 atom stereocenters. The molecule has 0 heterocycles. The molecule has 4 rings (SSSR count). The molecule has 0 saturated heterocycles. The molecule has 0 amide bonds. The van der Waals surface area contributed by atoms with E-state index in [0.717, 1.165) is 32.1 Å². The third kappa shape index (κ3) is 3.77. The van der Waals surface area contributed by atoms with E-state index in [2.05, 4.69) is 20.4 Å². The van der Waals surface area contributed by atoms with Crippen LogP contribution in [-0.4, -0.2) is 35.7 Å². The molecule has 2 bridgehead atoms. The first kappa shape index (κ1) is 23.3. The molecule has 1 N–H and O–H groups in total. The van der Waals surface area contributed by atoms with Crippen molar-refractivity contribution in [2.75, 3.05) is 6.61 Å². The van der Waals surface area contributed by atoms with E-state index < -0.39 is 17.4 Å². The molecule has 0 aromatic carbocycles. The summed E-state index contributed by atoms with van der Waals surface area (Å²) in [5, 5.41) is 8.87. The Balaban J connectivity index is 1.59. The lowest BCUT2D eigenvalue weighted by Crippen LogP contribution is -2.62. The van der Waals surface area contributed by atoms with Gasteiger partial charge in [0.15, 0.2) is 0 Å². The van der Waals surface area contributed by atoms with Crippen molar-refractivity contribution >= 4 is 17.9 Å². The van der Waals surface area contributed by atoms with E-state index in [1.54, 1.807) is 0 Å². The van der Waals surface area contributed by atoms with Crippen molar-refractivity contribution < 1.29 is 29.0 Å². The lowest BCUT2D eigenvalue weighted by Gasteiger charge is -2.65. The van der Waals surface area contributed by atoms with Gasteiger partial charge in [0.05, 0.1) is 12.8 Å². The zero-order valence-corrected chi connectivity index (χ0v) is 19.8. The van der Waals surface area contributed by atoms with Crippen molar-refractivity contribution in [1.29, 1.82) is 0 Å². The summed E-state index contributed by atoms with van der Waals surface area (Å²) in [6, 6.07) is 0. The van der Waals surface area contributed by atoms with Crippen LogP contribution in [0, 0.1) is 34.0 Å². The zero-order chi connectivity index (χ0) is 23.3. The number of carboxylic acids is 1. The molecule has 0 aromatic heterocycles. The van der Waals surface area contributed by atoms with Crippen molar-refractivity contribution in [3.05, 3.63) is 12.2 Å². The highest BCUT2D eigenvalue weighted by atomic mass is 16.6. The van der Waals surface area contributed by atoms with Crippen LogP contribution in [0.2, 0.25) is 0 Å². The van der Waals surface area contributed by atoms with Crippen LogP contribution in [0.25, 0.3) is 0 Å². The SMILES string of the molecule is C=C1C[C@@]23CC[C@H]4[C@@](C)(CCC(OC(C)=O)[C@]4(C)COC(=O)CCC(=O)O)[C@@H]2CC[C@@H]1C3. The minimum absolute atomic E-state index is 0.104. The third-order valence-electron chi connectivity index (χ3n) is 9.75. The number of carbonyl (C=O) groups excluding carboxylic acids is 2. The van der Waals surface area contributed by atoms with Gasteiger partial charge in [-0.25, -0.2) is 0 Å². The van der Waals surface area contributed by atoms with E-state index in [9.17, 15) is 14.4 Å². The second-order valence-electron chi connectivity index (χ2n) is 11.5. The van der Waals surface area contributed by atoms with Gasteiger partial charge >= 0.3 is 17.9 Å². The summed E-state index contributed by atoms with van der Waals surface area (Å²) in [7, 11) is 0. The molecule has 0 aliphatic heterocycles. The van der Waals surface area contributed by atoms with Gasteiger partial charge in [-0.1, -0.05) is 26.0 Å². The lowest BCUT2D eigenvalue weighted by molar-refractivity contribution is -0.214. The van der Waals surface area contributed by atoms with Gasteiger partial charge in [-0.3, -0.25) is 14.4 Å². The fourth-order valence-corrected chi connectivity index (χ4v) is 8.48. The van der Waals surface area contributed by atoms with Crippen molar-refractivity contribution in [1.82, 2.24) is 0 Å². The molecule has 4 saturated carbocycles. The highest BCUT2D eigenvalue weighted by molar-refractivity contribution is 5.76. The normalized spacial score (nSPS) is 42.5. The monoisotopic (exact) mass is 446 g/mol. The third-order valence-corrected chi connectivity index (χ3v) is 9.75. The van der Waals surface area contributed by atoms with Gasteiger partial charge in [-0.15, -0.1) is 0 Å². The molecule has 1 unspecified atom stereocenters. The van der Waals surface area contributed by atoms with Gasteiger partial charge in [0.2, 0.25) is 0 Å². The molecular weight excluding hydrogens is 408 g/mol. The molecule has 6 heteroatoms. The van der Waals surface area contributed by atoms with Gasteiger partial charge in [0, 0.05) is 12.3 Å². The molecule has 32 heavy (non-hydrogen) atoms.